The van der Waals surface area contributed by atoms with E-state index in [0.29, 0.717) is 17.0 Å². The van der Waals surface area contributed by atoms with E-state index in [1.807, 2.05) is 19.2 Å². The number of thiazole rings is 1. The molecule has 0 spiro atoms. The summed E-state index contributed by atoms with van der Waals surface area (Å²) in [5, 5.41) is 3.59. The highest BCUT2D eigenvalue weighted by Gasteiger charge is 2.08. The molecule has 2 heterocycles. The summed E-state index contributed by atoms with van der Waals surface area (Å²) < 4.78 is 15.6. The van der Waals surface area contributed by atoms with Crippen LogP contribution in [-0.2, 0) is 16.1 Å². The van der Waals surface area contributed by atoms with Crippen LogP contribution in [0.15, 0.2) is 38.9 Å². The van der Waals surface area contributed by atoms with E-state index in [0.717, 1.165) is 16.0 Å². The smallest absolute Gasteiger partial charge is 0.344 e. The summed E-state index contributed by atoms with van der Waals surface area (Å²) in [4.78, 5) is 27.3. The molecule has 0 saturated heterocycles. The molecule has 3 rings (SSSR count). The van der Waals surface area contributed by atoms with Crippen LogP contribution >= 0.6 is 11.3 Å². The van der Waals surface area contributed by atoms with Crippen molar-refractivity contribution in [3.8, 4) is 5.75 Å². The lowest BCUT2D eigenvalue weighted by Crippen LogP contribution is -2.14. The maximum Gasteiger partial charge on any atom is 0.344 e. The van der Waals surface area contributed by atoms with E-state index < -0.39 is 11.6 Å². The Morgan fingerprint density at radius 2 is 2.12 bits per heavy atom. The van der Waals surface area contributed by atoms with E-state index in [4.69, 9.17) is 13.9 Å². The van der Waals surface area contributed by atoms with Crippen molar-refractivity contribution < 1.29 is 18.7 Å². The minimum absolute atomic E-state index is 0.123. The monoisotopic (exact) mass is 345 g/mol. The highest BCUT2D eigenvalue weighted by Crippen LogP contribution is 2.22. The maximum atomic E-state index is 11.7. The van der Waals surface area contributed by atoms with Crippen LogP contribution in [0.2, 0.25) is 0 Å². The van der Waals surface area contributed by atoms with Gasteiger partial charge in [0, 0.05) is 22.9 Å². The summed E-state index contributed by atoms with van der Waals surface area (Å²) in [6.45, 7) is 3.61. The largest absolute Gasteiger partial charge is 0.482 e. The van der Waals surface area contributed by atoms with Crippen molar-refractivity contribution in [3.05, 3.63) is 56.3 Å². The first-order chi connectivity index (χ1) is 11.5. The van der Waals surface area contributed by atoms with Crippen molar-refractivity contribution >= 4 is 28.3 Å². The number of esters is 1. The van der Waals surface area contributed by atoms with Gasteiger partial charge in [-0.3, -0.25) is 0 Å². The molecular formula is C17H15NO5S. The van der Waals surface area contributed by atoms with Crippen molar-refractivity contribution in [2.24, 2.45) is 0 Å². The molecule has 0 aliphatic carbocycles. The minimum Gasteiger partial charge on any atom is -0.482 e. The number of benzene rings is 1. The topological polar surface area (TPSA) is 78.6 Å². The Balaban J connectivity index is 1.60. The first kappa shape index (κ1) is 16.2. The number of hydrogen-bond donors (Lipinski definition) is 0. The molecule has 0 saturated carbocycles. The van der Waals surface area contributed by atoms with Gasteiger partial charge < -0.3 is 13.9 Å². The van der Waals surface area contributed by atoms with Gasteiger partial charge in [0.2, 0.25) is 0 Å². The van der Waals surface area contributed by atoms with Crippen molar-refractivity contribution in [3.63, 3.8) is 0 Å². The van der Waals surface area contributed by atoms with Gasteiger partial charge in [0.05, 0.1) is 10.7 Å². The van der Waals surface area contributed by atoms with Gasteiger partial charge in [-0.25, -0.2) is 14.6 Å². The minimum atomic E-state index is -0.494. The van der Waals surface area contributed by atoms with Gasteiger partial charge in [0.25, 0.3) is 0 Å². The molecule has 0 bridgehead atoms. The fraction of sp³-hybridized carbons (Fsp3) is 0.235. The van der Waals surface area contributed by atoms with Crippen molar-refractivity contribution in [2.75, 3.05) is 6.61 Å². The molecule has 0 radical (unpaired) electrons. The summed E-state index contributed by atoms with van der Waals surface area (Å²) in [5.74, 6) is -0.0656. The van der Waals surface area contributed by atoms with Gasteiger partial charge in [-0.05, 0) is 31.5 Å². The zero-order valence-electron chi connectivity index (χ0n) is 13.2. The Morgan fingerprint density at radius 3 is 2.88 bits per heavy atom. The molecule has 0 unspecified atom stereocenters. The molecule has 0 atom stereocenters. The van der Waals surface area contributed by atoms with E-state index >= 15 is 0 Å². The second-order valence-corrected chi connectivity index (χ2v) is 6.28. The summed E-state index contributed by atoms with van der Waals surface area (Å²) in [5.41, 5.74) is 1.54. The number of rotatable bonds is 5. The number of carbonyl (C=O) groups excluding carboxylic acids is 1. The lowest BCUT2D eigenvalue weighted by atomic mass is 10.1. The molecule has 0 amide bonds. The third kappa shape index (κ3) is 3.80. The van der Waals surface area contributed by atoms with Gasteiger partial charge in [0.1, 0.15) is 17.9 Å². The molecule has 0 N–H and O–H groups in total. The second-order valence-electron chi connectivity index (χ2n) is 5.21. The molecule has 2 aromatic heterocycles. The van der Waals surface area contributed by atoms with Crippen molar-refractivity contribution in [1.82, 2.24) is 4.98 Å². The fourth-order valence-electron chi connectivity index (χ4n) is 2.21. The number of carbonyl (C=O) groups is 1. The average Bonchev–Trinajstić information content (AvgIpc) is 2.96. The van der Waals surface area contributed by atoms with E-state index in [-0.39, 0.29) is 13.2 Å². The number of nitrogens with zero attached hydrogens (tertiary/aromatic N) is 1. The summed E-state index contributed by atoms with van der Waals surface area (Å²) in [6.07, 6.45) is 0. The Bertz CT molecular complexity index is 944. The van der Waals surface area contributed by atoms with Crippen LogP contribution in [-0.4, -0.2) is 17.6 Å². The zero-order chi connectivity index (χ0) is 17.1. The van der Waals surface area contributed by atoms with Gasteiger partial charge in [0.15, 0.2) is 6.61 Å². The number of hydrogen-bond acceptors (Lipinski definition) is 7. The molecular weight excluding hydrogens is 330 g/mol. The maximum absolute atomic E-state index is 11.7. The van der Waals surface area contributed by atoms with Gasteiger partial charge in [-0.2, -0.15) is 0 Å². The van der Waals surface area contributed by atoms with Gasteiger partial charge in [-0.1, -0.05) is 0 Å². The predicted molar refractivity (Wildman–Crippen MR) is 89.4 cm³/mol. The molecule has 0 fully saturated rings. The predicted octanol–water partition coefficient (Wildman–Crippen LogP) is 2.99. The van der Waals surface area contributed by atoms with Crippen LogP contribution in [0.1, 0.15) is 16.3 Å². The zero-order valence-corrected chi connectivity index (χ0v) is 14.0. The van der Waals surface area contributed by atoms with E-state index in [1.54, 1.807) is 18.2 Å². The van der Waals surface area contributed by atoms with Crippen LogP contribution in [0.4, 0.5) is 0 Å². The Morgan fingerprint density at radius 1 is 1.29 bits per heavy atom. The third-order valence-corrected chi connectivity index (χ3v) is 4.15. The molecule has 124 valence electrons. The molecule has 1 aromatic carbocycles. The summed E-state index contributed by atoms with van der Waals surface area (Å²) >= 11 is 1.50. The van der Waals surface area contributed by atoms with Crippen LogP contribution in [0, 0.1) is 13.8 Å². The van der Waals surface area contributed by atoms with E-state index in [2.05, 4.69) is 4.98 Å². The summed E-state index contributed by atoms with van der Waals surface area (Å²) in [7, 11) is 0. The van der Waals surface area contributed by atoms with Crippen LogP contribution in [0.5, 0.6) is 5.75 Å². The Kier molecular flexibility index (Phi) is 4.61. The normalized spacial score (nSPS) is 10.8. The number of fused-ring (bicyclic) bond motifs is 1. The molecule has 0 aliphatic heterocycles. The molecule has 6 nitrogen and oxygen atoms in total. The first-order valence-electron chi connectivity index (χ1n) is 7.25. The highest BCUT2D eigenvalue weighted by molar-refractivity contribution is 7.09. The van der Waals surface area contributed by atoms with E-state index in [1.165, 1.54) is 17.4 Å². The standard InChI is InChI=1S/C17H15NO5S/c1-10-5-16(19)23-15-6-13(3-4-14(10)15)21-8-17(20)22-7-12-9-24-11(2)18-12/h3-6,9H,7-8H2,1-2H3. The second kappa shape index (κ2) is 6.84. The number of aromatic nitrogens is 1. The Labute approximate surface area is 141 Å². The molecule has 0 aliphatic rings. The lowest BCUT2D eigenvalue weighted by Gasteiger charge is -2.07. The third-order valence-electron chi connectivity index (χ3n) is 3.33. The van der Waals surface area contributed by atoms with Crippen LogP contribution in [0.3, 0.4) is 0 Å². The quantitative estimate of drug-likeness (QED) is 0.522. The summed E-state index contributed by atoms with van der Waals surface area (Å²) in [6, 6.07) is 6.51. The van der Waals surface area contributed by atoms with Crippen LogP contribution in [0.25, 0.3) is 11.0 Å². The first-order valence-corrected chi connectivity index (χ1v) is 8.13. The highest BCUT2D eigenvalue weighted by atomic mass is 32.1. The van der Waals surface area contributed by atoms with E-state index in [9.17, 15) is 9.59 Å². The van der Waals surface area contributed by atoms with Crippen molar-refractivity contribution in [2.45, 2.75) is 20.5 Å². The Hall–Kier alpha value is -2.67. The van der Waals surface area contributed by atoms with Crippen molar-refractivity contribution in [1.29, 1.82) is 0 Å². The van der Waals surface area contributed by atoms with Gasteiger partial charge in [-0.15, -0.1) is 11.3 Å². The SMILES string of the molecule is Cc1nc(COC(=O)COc2ccc3c(C)cc(=O)oc3c2)cs1. The number of aryl methyl sites for hydroxylation is 2. The van der Waals surface area contributed by atoms with Gasteiger partial charge >= 0.3 is 11.6 Å². The lowest BCUT2D eigenvalue weighted by molar-refractivity contribution is -0.147. The van der Waals surface area contributed by atoms with Crippen LogP contribution < -0.4 is 10.4 Å². The molecule has 3 aromatic rings. The molecule has 7 heteroatoms. The molecule has 24 heavy (non-hydrogen) atoms. The average molecular weight is 345 g/mol. The number of ether oxygens (including phenoxy) is 2. The fourth-order valence-corrected chi connectivity index (χ4v) is 2.81.